The number of nitrogens with one attached hydrogen (secondary N) is 1. The quantitative estimate of drug-likeness (QED) is 0.762. The minimum absolute atomic E-state index is 0.00914. The lowest BCUT2D eigenvalue weighted by molar-refractivity contribution is 0.0698. The molecule has 0 spiro atoms. The number of halogens is 1. The molecular weight excluding hydrogens is 351 g/mol. The summed E-state index contributed by atoms with van der Waals surface area (Å²) in [6.45, 7) is 0.928. The van der Waals surface area contributed by atoms with Gasteiger partial charge >= 0.3 is 0 Å². The van der Waals surface area contributed by atoms with Gasteiger partial charge in [-0.1, -0.05) is 5.16 Å². The Labute approximate surface area is 153 Å². The second kappa shape index (κ2) is 6.99. The molecule has 136 valence electrons. The Balaban J connectivity index is 1.51. The van der Waals surface area contributed by atoms with Crippen LogP contribution in [-0.2, 0) is 0 Å². The van der Waals surface area contributed by atoms with Crippen LogP contribution >= 0.6 is 0 Å². The highest BCUT2D eigenvalue weighted by Gasteiger charge is 2.29. The maximum Gasteiger partial charge on any atom is 0.274 e. The van der Waals surface area contributed by atoms with Gasteiger partial charge in [0, 0.05) is 31.4 Å². The van der Waals surface area contributed by atoms with E-state index in [-0.39, 0.29) is 23.3 Å². The molecule has 9 heteroatoms. The molecule has 0 radical (unpaired) electrons. The molecule has 4 rings (SSSR count). The minimum Gasteiger partial charge on any atom is -0.356 e. The number of nitriles is 1. The summed E-state index contributed by atoms with van der Waals surface area (Å²) in [4.78, 5) is 25.2. The number of carbonyl (C=O) groups is 1. The van der Waals surface area contributed by atoms with Crippen LogP contribution in [0.1, 0.15) is 40.5 Å². The summed E-state index contributed by atoms with van der Waals surface area (Å²) in [5.74, 6) is -0.325. The fourth-order valence-corrected chi connectivity index (χ4v) is 3.18. The van der Waals surface area contributed by atoms with E-state index in [1.165, 1.54) is 12.3 Å². The number of likely N-dealkylation sites (tertiary alicyclic amines) is 1. The number of hydrogen-bond acceptors (Lipinski definition) is 6. The molecule has 3 aromatic heterocycles. The lowest BCUT2D eigenvalue weighted by Gasteiger charge is -2.31. The Hall–Kier alpha value is -3.54. The van der Waals surface area contributed by atoms with Gasteiger partial charge in [-0.25, -0.2) is 4.39 Å². The molecule has 1 fully saturated rings. The number of rotatable bonds is 3. The second-order valence-electron chi connectivity index (χ2n) is 6.32. The highest BCUT2D eigenvalue weighted by molar-refractivity contribution is 5.94. The van der Waals surface area contributed by atoms with E-state index in [4.69, 9.17) is 9.78 Å². The number of H-pyrrole nitrogens is 1. The zero-order valence-corrected chi connectivity index (χ0v) is 14.2. The van der Waals surface area contributed by atoms with Crippen LogP contribution in [0.3, 0.4) is 0 Å². The topological polar surface area (TPSA) is 112 Å². The van der Waals surface area contributed by atoms with Crippen LogP contribution in [0.2, 0.25) is 0 Å². The molecule has 0 aromatic carbocycles. The fraction of sp³-hybridized carbons (Fsp3) is 0.278. The monoisotopic (exact) mass is 366 g/mol. The Morgan fingerprint density at radius 2 is 2.37 bits per heavy atom. The Kier molecular flexibility index (Phi) is 4.38. The summed E-state index contributed by atoms with van der Waals surface area (Å²) < 4.78 is 19.1. The van der Waals surface area contributed by atoms with Crippen molar-refractivity contribution in [2.24, 2.45) is 0 Å². The zero-order valence-electron chi connectivity index (χ0n) is 14.2. The van der Waals surface area contributed by atoms with Gasteiger partial charge in [0.25, 0.3) is 11.8 Å². The molecule has 3 aromatic rings. The number of hydrogen-bond donors (Lipinski definition) is 1. The SMILES string of the molecule is N#Cc1c[nH]c(-c2nc(C3CCCN(C(=O)c4ccncc4F)C3)no2)c1. The number of carbonyl (C=O) groups excluding carboxylic acids is 1. The maximum atomic E-state index is 13.9. The predicted octanol–water partition coefficient (Wildman–Crippen LogP) is 2.49. The smallest absolute Gasteiger partial charge is 0.274 e. The van der Waals surface area contributed by atoms with E-state index in [9.17, 15) is 9.18 Å². The molecule has 1 aliphatic heterocycles. The van der Waals surface area contributed by atoms with Crippen LogP contribution in [0.4, 0.5) is 4.39 Å². The third-order valence-electron chi connectivity index (χ3n) is 4.56. The number of nitrogens with zero attached hydrogens (tertiary/aromatic N) is 5. The van der Waals surface area contributed by atoms with E-state index < -0.39 is 5.82 Å². The van der Waals surface area contributed by atoms with Crippen molar-refractivity contribution in [1.29, 1.82) is 5.26 Å². The van der Waals surface area contributed by atoms with Crippen molar-refractivity contribution < 1.29 is 13.7 Å². The molecule has 1 saturated heterocycles. The molecule has 4 heterocycles. The third kappa shape index (κ3) is 3.29. The molecular formula is C18H15FN6O2. The fourth-order valence-electron chi connectivity index (χ4n) is 3.18. The molecule has 0 aliphatic carbocycles. The lowest BCUT2D eigenvalue weighted by atomic mass is 9.96. The largest absolute Gasteiger partial charge is 0.356 e. The van der Waals surface area contributed by atoms with E-state index in [2.05, 4.69) is 20.1 Å². The van der Waals surface area contributed by atoms with Crippen molar-refractivity contribution in [3.63, 3.8) is 0 Å². The molecule has 1 aliphatic rings. The van der Waals surface area contributed by atoms with Crippen molar-refractivity contribution in [1.82, 2.24) is 25.0 Å². The second-order valence-corrected chi connectivity index (χ2v) is 6.32. The molecule has 0 bridgehead atoms. The van der Waals surface area contributed by atoms with E-state index >= 15 is 0 Å². The Bertz CT molecular complexity index is 1020. The normalized spacial score (nSPS) is 16.9. The first kappa shape index (κ1) is 16.9. The summed E-state index contributed by atoms with van der Waals surface area (Å²) in [6.07, 6.45) is 5.55. The van der Waals surface area contributed by atoms with Gasteiger partial charge in [-0.2, -0.15) is 10.2 Å². The van der Waals surface area contributed by atoms with Crippen molar-refractivity contribution in [3.05, 3.63) is 53.5 Å². The zero-order chi connectivity index (χ0) is 18.8. The van der Waals surface area contributed by atoms with Gasteiger partial charge in [-0.3, -0.25) is 9.78 Å². The first-order valence-corrected chi connectivity index (χ1v) is 8.47. The molecule has 0 saturated carbocycles. The molecule has 8 nitrogen and oxygen atoms in total. The van der Waals surface area contributed by atoms with Gasteiger partial charge in [0.05, 0.1) is 17.3 Å². The van der Waals surface area contributed by atoms with Gasteiger partial charge < -0.3 is 14.4 Å². The third-order valence-corrected chi connectivity index (χ3v) is 4.56. The maximum absolute atomic E-state index is 13.9. The summed E-state index contributed by atoms with van der Waals surface area (Å²) in [5.41, 5.74) is 1.04. The number of piperidine rings is 1. The van der Waals surface area contributed by atoms with Crippen molar-refractivity contribution >= 4 is 5.91 Å². The minimum atomic E-state index is -0.633. The van der Waals surface area contributed by atoms with E-state index in [0.29, 0.717) is 30.2 Å². The van der Waals surface area contributed by atoms with Crippen LogP contribution in [0.25, 0.3) is 11.6 Å². The Morgan fingerprint density at radius 3 is 3.15 bits per heavy atom. The highest BCUT2D eigenvalue weighted by atomic mass is 19.1. The van der Waals surface area contributed by atoms with Crippen LogP contribution in [0.15, 0.2) is 35.2 Å². The van der Waals surface area contributed by atoms with E-state index in [1.807, 2.05) is 6.07 Å². The van der Waals surface area contributed by atoms with Crippen LogP contribution in [-0.4, -0.2) is 44.0 Å². The van der Waals surface area contributed by atoms with Crippen LogP contribution < -0.4 is 0 Å². The predicted molar refractivity (Wildman–Crippen MR) is 90.9 cm³/mol. The summed E-state index contributed by atoms with van der Waals surface area (Å²) in [5, 5.41) is 12.9. The van der Waals surface area contributed by atoms with Crippen molar-refractivity contribution in [2.45, 2.75) is 18.8 Å². The lowest BCUT2D eigenvalue weighted by Crippen LogP contribution is -2.39. The number of amides is 1. The first-order chi connectivity index (χ1) is 13.2. The van der Waals surface area contributed by atoms with Gasteiger partial charge in [0.1, 0.15) is 11.8 Å². The van der Waals surface area contributed by atoms with Crippen LogP contribution in [0, 0.1) is 17.1 Å². The van der Waals surface area contributed by atoms with Gasteiger partial charge in [0.15, 0.2) is 11.6 Å². The molecule has 1 atom stereocenters. The summed E-state index contributed by atoms with van der Waals surface area (Å²) >= 11 is 0. The van der Waals surface area contributed by atoms with Gasteiger partial charge in [-0.15, -0.1) is 0 Å². The van der Waals surface area contributed by atoms with Crippen LogP contribution in [0.5, 0.6) is 0 Å². The average molecular weight is 366 g/mol. The van der Waals surface area contributed by atoms with Crippen molar-refractivity contribution in [2.75, 3.05) is 13.1 Å². The average Bonchev–Trinajstić information content (AvgIpc) is 3.37. The van der Waals surface area contributed by atoms with Gasteiger partial charge in [-0.05, 0) is 25.0 Å². The number of aromatic amines is 1. The Morgan fingerprint density at radius 1 is 1.48 bits per heavy atom. The van der Waals surface area contributed by atoms with Crippen molar-refractivity contribution in [3.8, 4) is 17.7 Å². The highest BCUT2D eigenvalue weighted by Crippen LogP contribution is 2.28. The molecule has 1 N–H and O–H groups in total. The molecule has 27 heavy (non-hydrogen) atoms. The first-order valence-electron chi connectivity index (χ1n) is 8.47. The van der Waals surface area contributed by atoms with Gasteiger partial charge in [0.2, 0.25) is 0 Å². The number of pyridine rings is 1. The summed E-state index contributed by atoms with van der Waals surface area (Å²) in [6, 6.07) is 5.03. The van der Waals surface area contributed by atoms with E-state index in [1.54, 1.807) is 17.2 Å². The molecule has 1 amide bonds. The standard InChI is InChI=1S/C18H15FN6O2/c19-14-9-21-4-3-13(14)18(26)25-5-1-2-12(10-25)16-23-17(27-24-16)15-6-11(7-20)8-22-15/h3-4,6,8-9,12,22H,1-2,5,10H2. The summed E-state index contributed by atoms with van der Waals surface area (Å²) in [7, 11) is 0. The molecule has 1 unspecified atom stereocenters. The number of aromatic nitrogens is 4. The van der Waals surface area contributed by atoms with E-state index in [0.717, 1.165) is 19.0 Å².